The van der Waals surface area contributed by atoms with Crippen LogP contribution in [0.4, 0.5) is 0 Å². The van der Waals surface area contributed by atoms with Gasteiger partial charge in [0.05, 0.1) is 11.8 Å². The van der Waals surface area contributed by atoms with E-state index in [0.717, 1.165) is 0 Å². The molecule has 2 fully saturated rings. The molecular weight excluding hydrogens is 272 g/mol. The lowest BCUT2D eigenvalue weighted by Crippen LogP contribution is -2.46. The van der Waals surface area contributed by atoms with Crippen LogP contribution >= 0.6 is 0 Å². The summed E-state index contributed by atoms with van der Waals surface area (Å²) < 4.78 is 0. The molecule has 2 amide bonds. The normalized spacial score (nSPS) is 27.1. The van der Waals surface area contributed by atoms with Crippen LogP contribution in [0.3, 0.4) is 0 Å². The smallest absolute Gasteiger partial charge is 0.308 e. The first-order valence-electron chi connectivity index (χ1n) is 7.52. The Morgan fingerprint density at radius 1 is 1.19 bits per heavy atom. The molecule has 0 bridgehead atoms. The van der Waals surface area contributed by atoms with Crippen molar-refractivity contribution in [3.63, 3.8) is 0 Å². The third-order valence-electron chi connectivity index (χ3n) is 4.37. The summed E-state index contributed by atoms with van der Waals surface area (Å²) in [6.45, 7) is 7.18. The Morgan fingerprint density at radius 3 is 2.38 bits per heavy atom. The van der Waals surface area contributed by atoms with Gasteiger partial charge in [0.15, 0.2) is 0 Å². The Bertz CT molecular complexity index is 455. The maximum absolute atomic E-state index is 12.5. The molecule has 2 aliphatic rings. The number of carboxylic acid groups (broad SMARTS) is 1. The number of hydrogen-bond acceptors (Lipinski definition) is 3. The number of hydrogen-bond donors (Lipinski definition) is 1. The number of rotatable bonds is 2. The third-order valence-corrected chi connectivity index (χ3v) is 4.37. The summed E-state index contributed by atoms with van der Waals surface area (Å²) >= 11 is 0. The average Bonchev–Trinajstić information content (AvgIpc) is 2.80. The average molecular weight is 296 g/mol. The topological polar surface area (TPSA) is 77.9 Å². The summed E-state index contributed by atoms with van der Waals surface area (Å²) in [5.74, 6) is -1.71. The van der Waals surface area contributed by atoms with Crippen molar-refractivity contribution in [1.29, 1.82) is 0 Å². The van der Waals surface area contributed by atoms with E-state index in [9.17, 15) is 14.4 Å². The van der Waals surface area contributed by atoms with Gasteiger partial charge in [0.2, 0.25) is 11.8 Å². The zero-order chi connectivity index (χ0) is 15.8. The molecule has 118 valence electrons. The fourth-order valence-corrected chi connectivity index (χ4v) is 3.16. The number of carbonyl (C=O) groups is 3. The van der Waals surface area contributed by atoms with E-state index in [-0.39, 0.29) is 36.2 Å². The molecule has 0 aliphatic carbocycles. The summed E-state index contributed by atoms with van der Waals surface area (Å²) in [5, 5.41) is 9.09. The Balaban J connectivity index is 2.01. The zero-order valence-corrected chi connectivity index (χ0v) is 13.0. The molecule has 0 aromatic carbocycles. The van der Waals surface area contributed by atoms with Crippen LogP contribution in [-0.4, -0.2) is 57.9 Å². The van der Waals surface area contributed by atoms with Crippen molar-refractivity contribution in [2.75, 3.05) is 19.6 Å². The van der Waals surface area contributed by atoms with Crippen molar-refractivity contribution in [3.05, 3.63) is 0 Å². The maximum atomic E-state index is 12.5. The largest absolute Gasteiger partial charge is 0.481 e. The quantitative estimate of drug-likeness (QED) is 0.823. The van der Waals surface area contributed by atoms with Gasteiger partial charge in [0.25, 0.3) is 0 Å². The Hall–Kier alpha value is -1.59. The molecule has 2 aliphatic heterocycles. The molecule has 0 aromatic heterocycles. The number of carbonyl (C=O) groups excluding carboxylic acids is 2. The molecule has 0 radical (unpaired) electrons. The molecule has 0 aromatic rings. The minimum absolute atomic E-state index is 0.00708. The number of piperidine rings is 1. The van der Waals surface area contributed by atoms with Gasteiger partial charge in [-0.2, -0.15) is 0 Å². The lowest BCUT2D eigenvalue weighted by Gasteiger charge is -2.34. The molecule has 0 saturated carbocycles. The van der Waals surface area contributed by atoms with E-state index in [0.29, 0.717) is 25.9 Å². The van der Waals surface area contributed by atoms with E-state index >= 15 is 0 Å². The highest BCUT2D eigenvalue weighted by molar-refractivity contribution is 5.90. The molecule has 6 heteroatoms. The Kier molecular flexibility index (Phi) is 4.25. The summed E-state index contributed by atoms with van der Waals surface area (Å²) in [7, 11) is 0. The molecule has 1 N–H and O–H groups in total. The van der Waals surface area contributed by atoms with E-state index in [2.05, 4.69) is 0 Å². The SMILES string of the molecule is CC(C)(C)N1C[C@@H](C(=O)N2CCC[C@@H](C(=O)O)C2)CC1=O. The van der Waals surface area contributed by atoms with Crippen LogP contribution in [0.5, 0.6) is 0 Å². The van der Waals surface area contributed by atoms with Crippen LogP contribution in [0, 0.1) is 11.8 Å². The highest BCUT2D eigenvalue weighted by Gasteiger charge is 2.41. The molecule has 2 atom stereocenters. The van der Waals surface area contributed by atoms with E-state index in [1.54, 1.807) is 9.80 Å². The van der Waals surface area contributed by atoms with Crippen LogP contribution in [0.25, 0.3) is 0 Å². The molecule has 6 nitrogen and oxygen atoms in total. The molecule has 21 heavy (non-hydrogen) atoms. The van der Waals surface area contributed by atoms with Crippen molar-refractivity contribution in [1.82, 2.24) is 9.80 Å². The molecule has 2 heterocycles. The van der Waals surface area contributed by atoms with Crippen molar-refractivity contribution >= 4 is 17.8 Å². The van der Waals surface area contributed by atoms with Gasteiger partial charge in [0.1, 0.15) is 0 Å². The second-order valence-corrected chi connectivity index (χ2v) is 7.04. The van der Waals surface area contributed by atoms with Gasteiger partial charge in [-0.15, -0.1) is 0 Å². The lowest BCUT2D eigenvalue weighted by molar-refractivity contribution is -0.146. The first kappa shape index (κ1) is 15.8. The van der Waals surface area contributed by atoms with Crippen LogP contribution < -0.4 is 0 Å². The number of nitrogens with zero attached hydrogens (tertiary/aromatic N) is 2. The van der Waals surface area contributed by atoms with Gasteiger partial charge in [-0.1, -0.05) is 0 Å². The van der Waals surface area contributed by atoms with Crippen LogP contribution in [-0.2, 0) is 14.4 Å². The number of likely N-dealkylation sites (tertiary alicyclic amines) is 2. The van der Waals surface area contributed by atoms with Crippen LogP contribution in [0.2, 0.25) is 0 Å². The van der Waals surface area contributed by atoms with Gasteiger partial charge < -0.3 is 14.9 Å². The monoisotopic (exact) mass is 296 g/mol. The van der Waals surface area contributed by atoms with Gasteiger partial charge in [0, 0.05) is 31.6 Å². The minimum Gasteiger partial charge on any atom is -0.481 e. The van der Waals surface area contributed by atoms with E-state index in [4.69, 9.17) is 5.11 Å². The predicted molar refractivity (Wildman–Crippen MR) is 76.5 cm³/mol. The van der Waals surface area contributed by atoms with Gasteiger partial charge in [-0.05, 0) is 33.6 Å². The molecule has 0 unspecified atom stereocenters. The summed E-state index contributed by atoms with van der Waals surface area (Å²) in [6, 6.07) is 0. The lowest BCUT2D eigenvalue weighted by atomic mass is 9.96. The molecule has 0 spiro atoms. The van der Waals surface area contributed by atoms with Crippen LogP contribution in [0.1, 0.15) is 40.0 Å². The second-order valence-electron chi connectivity index (χ2n) is 7.04. The van der Waals surface area contributed by atoms with Crippen molar-refractivity contribution in [2.45, 2.75) is 45.6 Å². The summed E-state index contributed by atoms with van der Waals surface area (Å²) in [6.07, 6.45) is 1.58. The standard InChI is InChI=1S/C15H24N2O4/c1-15(2,3)17-9-11(7-12(17)18)13(19)16-6-4-5-10(8-16)14(20)21/h10-11H,4-9H2,1-3H3,(H,20,21)/t10-,11+/m1/s1. The van der Waals surface area contributed by atoms with Crippen LogP contribution in [0.15, 0.2) is 0 Å². The fraction of sp³-hybridized carbons (Fsp3) is 0.800. The highest BCUT2D eigenvalue weighted by Crippen LogP contribution is 2.28. The zero-order valence-electron chi connectivity index (χ0n) is 13.0. The van der Waals surface area contributed by atoms with Gasteiger partial charge in [-0.25, -0.2) is 0 Å². The van der Waals surface area contributed by atoms with Crippen molar-refractivity contribution in [3.8, 4) is 0 Å². The van der Waals surface area contributed by atoms with E-state index in [1.165, 1.54) is 0 Å². The van der Waals surface area contributed by atoms with Gasteiger partial charge >= 0.3 is 5.97 Å². The van der Waals surface area contributed by atoms with Crippen molar-refractivity contribution in [2.24, 2.45) is 11.8 Å². The summed E-state index contributed by atoms with van der Waals surface area (Å²) in [5.41, 5.74) is -0.280. The van der Waals surface area contributed by atoms with Gasteiger partial charge in [-0.3, -0.25) is 14.4 Å². The van der Waals surface area contributed by atoms with E-state index < -0.39 is 11.9 Å². The summed E-state index contributed by atoms with van der Waals surface area (Å²) in [4.78, 5) is 39.0. The number of carboxylic acids is 1. The first-order valence-corrected chi connectivity index (χ1v) is 7.52. The fourth-order valence-electron chi connectivity index (χ4n) is 3.16. The highest BCUT2D eigenvalue weighted by atomic mass is 16.4. The minimum atomic E-state index is -0.841. The first-order chi connectivity index (χ1) is 9.70. The second kappa shape index (κ2) is 5.66. The third kappa shape index (κ3) is 3.36. The maximum Gasteiger partial charge on any atom is 0.308 e. The number of aliphatic carboxylic acids is 1. The Labute approximate surface area is 125 Å². The van der Waals surface area contributed by atoms with Crippen molar-refractivity contribution < 1.29 is 19.5 Å². The van der Waals surface area contributed by atoms with E-state index in [1.807, 2.05) is 20.8 Å². The molecule has 2 rings (SSSR count). The Morgan fingerprint density at radius 2 is 1.86 bits per heavy atom. The number of amides is 2. The molecular formula is C15H24N2O4. The predicted octanol–water partition coefficient (Wildman–Crippen LogP) is 0.957. The molecule has 2 saturated heterocycles.